The Morgan fingerprint density at radius 1 is 0.972 bits per heavy atom. The van der Waals surface area contributed by atoms with E-state index >= 15 is 0 Å². The van der Waals surface area contributed by atoms with E-state index in [1.165, 1.54) is 19.3 Å². The number of pyridine rings is 1. The van der Waals surface area contributed by atoms with E-state index < -0.39 is 0 Å². The van der Waals surface area contributed by atoms with Gasteiger partial charge in [0.2, 0.25) is 0 Å². The van der Waals surface area contributed by atoms with Crippen molar-refractivity contribution < 1.29 is 0 Å². The van der Waals surface area contributed by atoms with Gasteiger partial charge < -0.3 is 9.88 Å². The van der Waals surface area contributed by atoms with E-state index in [9.17, 15) is 0 Å². The summed E-state index contributed by atoms with van der Waals surface area (Å²) in [5.41, 5.74) is 6.10. The van der Waals surface area contributed by atoms with Crippen LogP contribution in [-0.2, 0) is 0 Å². The average molecular weight is 541 g/mol. The molecule has 1 saturated carbocycles. The molecule has 0 bridgehead atoms. The molecule has 36 heavy (non-hydrogen) atoms. The summed E-state index contributed by atoms with van der Waals surface area (Å²) in [5, 5.41) is 6.83. The van der Waals surface area contributed by atoms with Crippen LogP contribution in [0.2, 0.25) is 0 Å². The molecule has 182 valence electrons. The zero-order chi connectivity index (χ0) is 24.5. The third-order valence-corrected chi connectivity index (χ3v) is 7.71. The number of nitrogens with zero attached hydrogens (tertiary/aromatic N) is 4. The Hall–Kier alpha value is -3.25. The van der Waals surface area contributed by atoms with Crippen molar-refractivity contribution in [1.82, 2.24) is 14.5 Å². The zero-order valence-corrected chi connectivity index (χ0v) is 22.1. The molecule has 6 rings (SSSR count). The number of benzene rings is 2. The molecule has 1 N–H and O–H groups in total. The van der Waals surface area contributed by atoms with Crippen LogP contribution >= 0.6 is 15.9 Å². The van der Waals surface area contributed by atoms with Crippen molar-refractivity contribution in [3.63, 3.8) is 0 Å². The summed E-state index contributed by atoms with van der Waals surface area (Å²) in [6, 6.07) is 17.3. The first-order valence-corrected chi connectivity index (χ1v) is 13.7. The first-order chi connectivity index (χ1) is 17.7. The summed E-state index contributed by atoms with van der Waals surface area (Å²) < 4.78 is 3.42. The minimum absolute atomic E-state index is 0.360. The average Bonchev–Trinajstić information content (AvgIpc) is 2.90. The second-order valence-corrected chi connectivity index (χ2v) is 10.6. The fourth-order valence-corrected chi connectivity index (χ4v) is 5.56. The van der Waals surface area contributed by atoms with E-state index in [1.54, 1.807) is 0 Å². The van der Waals surface area contributed by atoms with Gasteiger partial charge in [-0.3, -0.25) is 9.98 Å². The van der Waals surface area contributed by atoms with E-state index in [2.05, 4.69) is 85.4 Å². The Morgan fingerprint density at radius 3 is 2.58 bits per heavy atom. The predicted molar refractivity (Wildman–Crippen MR) is 150 cm³/mol. The van der Waals surface area contributed by atoms with Crippen LogP contribution in [0, 0.1) is 6.92 Å². The lowest BCUT2D eigenvalue weighted by Crippen LogP contribution is -2.40. The predicted octanol–water partition coefficient (Wildman–Crippen LogP) is 5.77. The fourth-order valence-electron chi connectivity index (χ4n) is 5.30. The lowest BCUT2D eigenvalue weighted by Gasteiger charge is -2.22. The standard InChI is InChI=1S/C30H30BrN5/c1-20-24(11-7-17-32-20)34-26-18-28-30(19-27(26)33-22-8-3-2-4-9-22)36(23-15-13-21(31)14-16-23)29-12-6-5-10-25(29)35-28/h7,10-19,22,34H,2-6,8-9H2,1H3. The normalized spacial score (nSPS) is 16.3. The lowest BCUT2D eigenvalue weighted by atomic mass is 9.96. The fraction of sp³-hybridized carbons (Fsp3) is 0.300. The number of anilines is 2. The van der Waals surface area contributed by atoms with Gasteiger partial charge in [0.25, 0.3) is 0 Å². The number of nitrogens with one attached hydrogen (secondary N) is 1. The Labute approximate surface area is 219 Å². The molecular weight excluding hydrogens is 510 g/mol. The van der Waals surface area contributed by atoms with E-state index in [4.69, 9.17) is 9.98 Å². The Kier molecular flexibility index (Phi) is 6.45. The first-order valence-electron chi connectivity index (χ1n) is 12.9. The molecular formula is C30H30BrN5. The molecule has 1 aromatic carbocycles. The maximum atomic E-state index is 5.31. The van der Waals surface area contributed by atoms with Crippen LogP contribution in [0.3, 0.4) is 0 Å². The van der Waals surface area contributed by atoms with Crippen LogP contribution in [0.1, 0.15) is 50.6 Å². The molecule has 0 saturated heterocycles. The number of hydrogen-bond acceptors (Lipinski definition) is 4. The molecule has 2 aromatic rings. The van der Waals surface area contributed by atoms with Gasteiger partial charge in [-0.1, -0.05) is 47.3 Å². The lowest BCUT2D eigenvalue weighted by molar-refractivity contribution is 0.437. The highest BCUT2D eigenvalue weighted by atomic mass is 79.9. The summed E-state index contributed by atoms with van der Waals surface area (Å²) in [4.78, 5) is 14.9. The summed E-state index contributed by atoms with van der Waals surface area (Å²) in [5.74, 6) is 0. The summed E-state index contributed by atoms with van der Waals surface area (Å²) in [7, 11) is 0. The van der Waals surface area contributed by atoms with Crippen molar-refractivity contribution in [3.8, 4) is 17.1 Å². The van der Waals surface area contributed by atoms with Crippen LogP contribution in [0.4, 0.5) is 11.4 Å². The van der Waals surface area contributed by atoms with Gasteiger partial charge in [-0.15, -0.1) is 0 Å². The van der Waals surface area contributed by atoms with Gasteiger partial charge in [-0.25, -0.2) is 4.98 Å². The smallest absolute Gasteiger partial charge is 0.0900 e. The van der Waals surface area contributed by atoms with Crippen LogP contribution in [0.25, 0.3) is 29.2 Å². The van der Waals surface area contributed by atoms with Crippen molar-refractivity contribution in [2.24, 2.45) is 4.99 Å². The van der Waals surface area contributed by atoms with Gasteiger partial charge in [0.1, 0.15) is 0 Å². The molecule has 2 heterocycles. The minimum Gasteiger partial charge on any atom is -0.352 e. The van der Waals surface area contributed by atoms with Crippen molar-refractivity contribution in [1.29, 1.82) is 0 Å². The summed E-state index contributed by atoms with van der Waals surface area (Å²) >= 11 is 3.59. The van der Waals surface area contributed by atoms with Crippen LogP contribution in [0.5, 0.6) is 0 Å². The highest BCUT2D eigenvalue weighted by Gasteiger charge is 2.18. The van der Waals surface area contributed by atoms with Gasteiger partial charge in [0.15, 0.2) is 0 Å². The van der Waals surface area contributed by atoms with Gasteiger partial charge in [0.05, 0.1) is 50.6 Å². The van der Waals surface area contributed by atoms with Gasteiger partial charge in [-0.05, 0) is 81.1 Å². The van der Waals surface area contributed by atoms with E-state index in [0.717, 1.165) is 80.4 Å². The number of rotatable bonds is 4. The quantitative estimate of drug-likeness (QED) is 0.358. The molecule has 6 heteroatoms. The van der Waals surface area contributed by atoms with Crippen LogP contribution in [-0.4, -0.2) is 20.6 Å². The van der Waals surface area contributed by atoms with Crippen molar-refractivity contribution in [2.75, 3.05) is 5.32 Å². The summed E-state index contributed by atoms with van der Waals surface area (Å²) in [6.07, 6.45) is 14.6. The highest BCUT2D eigenvalue weighted by molar-refractivity contribution is 9.10. The highest BCUT2D eigenvalue weighted by Crippen LogP contribution is 2.26. The van der Waals surface area contributed by atoms with Crippen LogP contribution in [0.15, 0.2) is 64.2 Å². The van der Waals surface area contributed by atoms with Crippen molar-refractivity contribution in [3.05, 3.63) is 80.9 Å². The Balaban J connectivity index is 1.63. The molecule has 0 atom stereocenters. The van der Waals surface area contributed by atoms with Gasteiger partial charge in [-0.2, -0.15) is 0 Å². The molecule has 1 fully saturated rings. The Morgan fingerprint density at radius 2 is 1.78 bits per heavy atom. The molecule has 5 nitrogen and oxygen atoms in total. The second-order valence-electron chi connectivity index (χ2n) is 9.72. The Bertz CT molecular complexity index is 1560. The molecule has 1 aromatic heterocycles. The molecule has 0 spiro atoms. The second kappa shape index (κ2) is 10.0. The third-order valence-electron chi connectivity index (χ3n) is 7.18. The number of halogens is 1. The minimum atomic E-state index is 0.360. The SMILES string of the molecule is Cc1ncccc1Nc1cc2nc3c(n(-c4ccc(Br)cc4)c-2cc1=NC1CCCCC1)=CCCC=3. The number of aryl methyl sites for hydroxylation is 1. The molecule has 0 amide bonds. The number of fused-ring (bicyclic) bond motifs is 2. The van der Waals surface area contributed by atoms with Gasteiger partial charge in [0, 0.05) is 16.4 Å². The first kappa shape index (κ1) is 23.2. The number of aromatic nitrogens is 3. The monoisotopic (exact) mass is 539 g/mol. The third kappa shape index (κ3) is 4.62. The largest absolute Gasteiger partial charge is 0.352 e. The van der Waals surface area contributed by atoms with E-state index in [1.807, 2.05) is 19.2 Å². The number of hydrogen-bond donors (Lipinski definition) is 1. The van der Waals surface area contributed by atoms with Crippen molar-refractivity contribution in [2.45, 2.75) is 57.9 Å². The van der Waals surface area contributed by atoms with E-state index in [-0.39, 0.29) is 0 Å². The molecule has 0 unspecified atom stereocenters. The zero-order valence-electron chi connectivity index (χ0n) is 20.5. The molecule has 4 aliphatic rings. The molecule has 1 aliphatic heterocycles. The molecule has 0 radical (unpaired) electrons. The van der Waals surface area contributed by atoms with Gasteiger partial charge >= 0.3 is 0 Å². The summed E-state index contributed by atoms with van der Waals surface area (Å²) in [6.45, 7) is 2.03. The molecule has 3 aliphatic carbocycles. The van der Waals surface area contributed by atoms with Crippen molar-refractivity contribution >= 4 is 39.5 Å². The topological polar surface area (TPSA) is 55.1 Å². The maximum absolute atomic E-state index is 5.31. The van der Waals surface area contributed by atoms with E-state index in [0.29, 0.717) is 6.04 Å². The maximum Gasteiger partial charge on any atom is 0.0900 e. The van der Waals surface area contributed by atoms with Crippen LogP contribution < -0.4 is 21.4 Å².